The molecule has 3 aromatic carbocycles. The van der Waals surface area contributed by atoms with Crippen molar-refractivity contribution in [3.05, 3.63) is 101 Å². The molecule has 0 bridgehead atoms. The molecular weight excluding hydrogens is 517 g/mol. The normalized spacial score (nSPS) is 14.9. The Balaban J connectivity index is 1.27. The van der Waals surface area contributed by atoms with Gasteiger partial charge in [0.25, 0.3) is 0 Å². The summed E-state index contributed by atoms with van der Waals surface area (Å²) in [5.41, 5.74) is 2.15. The molecule has 4 rings (SSSR count). The second-order valence-corrected chi connectivity index (χ2v) is 10.8. The molecule has 0 atom stereocenters. The predicted octanol–water partition coefficient (Wildman–Crippen LogP) is 4.70. The standard InChI is InChI=1S/C27H29F3N4O3S/c28-22-7-3-20(4-8-22)26(21-5-9-23(29)10-6-21)2-1-15-33-16-18-34(19-17-33)38(36,37)32-27(35)31-25-13-11-24(30)12-14-25/h3-14,26H,1-2,15-19H2,(H2,31,32,35). The average molecular weight is 547 g/mol. The van der Waals surface area contributed by atoms with Crippen LogP contribution in [0.4, 0.5) is 23.7 Å². The lowest BCUT2D eigenvalue weighted by Crippen LogP contribution is -2.53. The van der Waals surface area contributed by atoms with E-state index in [1.807, 2.05) is 4.72 Å². The molecule has 0 spiro atoms. The monoisotopic (exact) mass is 546 g/mol. The summed E-state index contributed by atoms with van der Waals surface area (Å²) in [5.74, 6) is -1.13. The maximum Gasteiger partial charge on any atom is 0.333 e. The molecule has 38 heavy (non-hydrogen) atoms. The van der Waals surface area contributed by atoms with Crippen LogP contribution < -0.4 is 10.0 Å². The van der Waals surface area contributed by atoms with Gasteiger partial charge in [-0.2, -0.15) is 12.7 Å². The molecule has 0 aliphatic carbocycles. The number of urea groups is 1. The highest BCUT2D eigenvalue weighted by Gasteiger charge is 2.28. The zero-order valence-corrected chi connectivity index (χ0v) is 21.4. The number of hydrogen-bond acceptors (Lipinski definition) is 4. The summed E-state index contributed by atoms with van der Waals surface area (Å²) < 4.78 is 68.4. The van der Waals surface area contributed by atoms with Crippen molar-refractivity contribution < 1.29 is 26.4 Å². The lowest BCUT2D eigenvalue weighted by Gasteiger charge is -2.34. The lowest BCUT2D eigenvalue weighted by atomic mass is 9.87. The minimum Gasteiger partial charge on any atom is -0.307 e. The van der Waals surface area contributed by atoms with Crippen molar-refractivity contribution in [1.29, 1.82) is 0 Å². The molecule has 1 fully saturated rings. The molecule has 2 amide bonds. The molecule has 7 nitrogen and oxygen atoms in total. The van der Waals surface area contributed by atoms with Crippen molar-refractivity contribution in [2.75, 3.05) is 38.0 Å². The molecule has 1 aliphatic rings. The molecule has 0 saturated carbocycles. The van der Waals surface area contributed by atoms with Gasteiger partial charge in [-0.3, -0.25) is 0 Å². The number of benzene rings is 3. The van der Waals surface area contributed by atoms with E-state index in [0.29, 0.717) is 13.1 Å². The number of carbonyl (C=O) groups is 1. The third-order valence-electron chi connectivity index (χ3n) is 6.51. The second-order valence-electron chi connectivity index (χ2n) is 9.11. The molecule has 11 heteroatoms. The van der Waals surface area contributed by atoms with Gasteiger partial charge < -0.3 is 10.2 Å². The van der Waals surface area contributed by atoms with Crippen molar-refractivity contribution in [3.63, 3.8) is 0 Å². The van der Waals surface area contributed by atoms with Gasteiger partial charge in [0.1, 0.15) is 17.5 Å². The highest BCUT2D eigenvalue weighted by Crippen LogP contribution is 2.30. The van der Waals surface area contributed by atoms with Crippen LogP contribution in [0, 0.1) is 17.5 Å². The van der Waals surface area contributed by atoms with Crippen LogP contribution in [-0.4, -0.2) is 56.4 Å². The van der Waals surface area contributed by atoms with Gasteiger partial charge in [0.2, 0.25) is 0 Å². The molecular formula is C27H29F3N4O3S. The first kappa shape index (κ1) is 27.6. The summed E-state index contributed by atoms with van der Waals surface area (Å²) in [5, 5.41) is 2.37. The third kappa shape index (κ3) is 7.56. The zero-order valence-electron chi connectivity index (χ0n) is 20.6. The number of amides is 2. The first-order valence-corrected chi connectivity index (χ1v) is 13.7. The van der Waals surface area contributed by atoms with Gasteiger partial charge in [-0.25, -0.2) is 22.7 Å². The maximum absolute atomic E-state index is 13.5. The minimum absolute atomic E-state index is 0.0262. The fourth-order valence-corrected chi connectivity index (χ4v) is 5.56. The third-order valence-corrected chi connectivity index (χ3v) is 8.00. The van der Waals surface area contributed by atoms with Crippen molar-refractivity contribution in [2.24, 2.45) is 0 Å². The molecule has 3 aromatic rings. The average Bonchev–Trinajstić information content (AvgIpc) is 2.89. The van der Waals surface area contributed by atoms with Gasteiger partial charge in [0.15, 0.2) is 0 Å². The molecule has 1 heterocycles. The second kappa shape index (κ2) is 12.4. The first-order chi connectivity index (χ1) is 18.2. The van der Waals surface area contributed by atoms with Crippen LogP contribution in [-0.2, 0) is 10.2 Å². The van der Waals surface area contributed by atoms with Crippen LogP contribution in [0.5, 0.6) is 0 Å². The molecule has 2 N–H and O–H groups in total. The predicted molar refractivity (Wildman–Crippen MR) is 139 cm³/mol. The Labute approximate surface area is 220 Å². The van der Waals surface area contributed by atoms with Gasteiger partial charge in [-0.05, 0) is 79.0 Å². The van der Waals surface area contributed by atoms with Crippen molar-refractivity contribution in [3.8, 4) is 0 Å². The van der Waals surface area contributed by atoms with E-state index in [-0.39, 0.29) is 36.3 Å². The van der Waals surface area contributed by atoms with Crippen LogP contribution in [0.25, 0.3) is 0 Å². The van der Waals surface area contributed by atoms with E-state index >= 15 is 0 Å². The minimum atomic E-state index is -4.04. The number of halogens is 3. The summed E-state index contributed by atoms with van der Waals surface area (Å²) >= 11 is 0. The van der Waals surface area contributed by atoms with Crippen LogP contribution >= 0.6 is 0 Å². The quantitative estimate of drug-likeness (QED) is 0.408. The number of anilines is 1. The largest absolute Gasteiger partial charge is 0.333 e. The SMILES string of the molecule is O=C(Nc1ccc(F)cc1)NS(=O)(=O)N1CCN(CCCC(c2ccc(F)cc2)c2ccc(F)cc2)CC1. The number of carbonyl (C=O) groups excluding carboxylic acids is 1. The van der Waals surface area contributed by atoms with Gasteiger partial charge in [-0.15, -0.1) is 0 Å². The van der Waals surface area contributed by atoms with E-state index < -0.39 is 22.1 Å². The van der Waals surface area contributed by atoms with Crippen molar-refractivity contribution in [1.82, 2.24) is 13.9 Å². The Morgan fingerprint density at radius 1 is 0.763 bits per heavy atom. The summed E-state index contributed by atoms with van der Waals surface area (Å²) in [7, 11) is -4.04. The summed E-state index contributed by atoms with van der Waals surface area (Å²) in [4.78, 5) is 14.3. The Morgan fingerprint density at radius 3 is 1.74 bits per heavy atom. The molecule has 1 saturated heterocycles. The van der Waals surface area contributed by atoms with Gasteiger partial charge in [0.05, 0.1) is 0 Å². The van der Waals surface area contributed by atoms with Crippen LogP contribution in [0.2, 0.25) is 0 Å². The number of rotatable bonds is 9. The van der Waals surface area contributed by atoms with Gasteiger partial charge in [0, 0.05) is 37.8 Å². The van der Waals surface area contributed by atoms with E-state index in [1.165, 1.54) is 40.7 Å². The number of piperazine rings is 1. The van der Waals surface area contributed by atoms with Gasteiger partial charge in [-0.1, -0.05) is 24.3 Å². The molecule has 202 valence electrons. The number of nitrogens with zero attached hydrogens (tertiary/aromatic N) is 2. The summed E-state index contributed by atoms with van der Waals surface area (Å²) in [6.45, 7) is 2.17. The van der Waals surface area contributed by atoms with E-state index in [9.17, 15) is 26.4 Å². The highest BCUT2D eigenvalue weighted by atomic mass is 32.2. The highest BCUT2D eigenvalue weighted by molar-refractivity contribution is 7.87. The molecule has 0 unspecified atom stereocenters. The number of hydrogen-bond donors (Lipinski definition) is 2. The fraction of sp³-hybridized carbons (Fsp3) is 0.296. The Hall–Kier alpha value is -3.41. The Morgan fingerprint density at radius 2 is 1.24 bits per heavy atom. The van der Waals surface area contributed by atoms with E-state index in [4.69, 9.17) is 0 Å². The van der Waals surface area contributed by atoms with Crippen LogP contribution in [0.15, 0.2) is 72.8 Å². The fourth-order valence-electron chi connectivity index (χ4n) is 4.50. The first-order valence-electron chi connectivity index (χ1n) is 12.3. The molecule has 0 aromatic heterocycles. The van der Waals surface area contributed by atoms with Crippen LogP contribution in [0.1, 0.15) is 29.9 Å². The van der Waals surface area contributed by atoms with E-state index in [0.717, 1.165) is 42.6 Å². The summed E-state index contributed by atoms with van der Waals surface area (Å²) in [6, 6.07) is 16.7. The molecule has 1 aliphatic heterocycles. The van der Waals surface area contributed by atoms with E-state index in [2.05, 4.69) is 10.2 Å². The topological polar surface area (TPSA) is 81.8 Å². The van der Waals surface area contributed by atoms with Gasteiger partial charge >= 0.3 is 16.2 Å². The Bertz CT molecular complexity index is 1270. The smallest absolute Gasteiger partial charge is 0.307 e. The van der Waals surface area contributed by atoms with Crippen molar-refractivity contribution in [2.45, 2.75) is 18.8 Å². The maximum atomic E-state index is 13.5. The number of nitrogens with one attached hydrogen (secondary N) is 2. The van der Waals surface area contributed by atoms with E-state index in [1.54, 1.807) is 24.3 Å². The Kier molecular flexibility index (Phi) is 9.03. The van der Waals surface area contributed by atoms with Crippen molar-refractivity contribution >= 4 is 21.9 Å². The summed E-state index contributed by atoms with van der Waals surface area (Å²) in [6.07, 6.45) is 1.55. The molecule has 0 radical (unpaired) electrons. The zero-order chi connectivity index (χ0) is 27.1. The van der Waals surface area contributed by atoms with Crippen LogP contribution in [0.3, 0.4) is 0 Å². The lowest BCUT2D eigenvalue weighted by molar-refractivity contribution is 0.184.